The van der Waals surface area contributed by atoms with Gasteiger partial charge in [-0.1, -0.05) is 6.42 Å². The quantitative estimate of drug-likeness (QED) is 0.251. The fraction of sp³-hybridized carbons (Fsp3) is 0.917. The molecule has 2 unspecified atom stereocenters. The zero-order valence-electron chi connectivity index (χ0n) is 13.6. The number of carboxylic acid groups (broad SMARTS) is 1. The highest BCUT2D eigenvalue weighted by Gasteiger charge is 2.55. The normalized spacial score (nSPS) is 36.7. The molecule has 0 amide bonds. The van der Waals surface area contributed by atoms with Crippen molar-refractivity contribution in [3.63, 3.8) is 0 Å². The van der Waals surface area contributed by atoms with E-state index in [4.69, 9.17) is 21.5 Å². The maximum absolute atomic E-state index is 12.5. The van der Waals surface area contributed by atoms with Crippen molar-refractivity contribution >= 4 is 23.3 Å². The molecular weight excluding hydrogens is 339 g/mol. The van der Waals surface area contributed by atoms with Crippen LogP contribution in [0, 0.1) is 5.92 Å². The van der Waals surface area contributed by atoms with E-state index >= 15 is 0 Å². The number of aliphatic carboxylic acids is 1. The molecule has 10 nitrogen and oxygen atoms in total. The van der Waals surface area contributed by atoms with Crippen molar-refractivity contribution in [1.82, 2.24) is 9.03 Å². The number of hydrogen-bond donors (Lipinski definition) is 6. The maximum Gasteiger partial charge on any atom is 0.451 e. The monoisotopic (exact) mass is 364 g/mol. The summed E-state index contributed by atoms with van der Waals surface area (Å²) in [7, 11) is -5.39. The van der Waals surface area contributed by atoms with Gasteiger partial charge in [0.1, 0.15) is 5.54 Å². The molecule has 8 N–H and O–H groups in total. The van der Waals surface area contributed by atoms with E-state index in [1.807, 2.05) is 0 Å². The third-order valence-corrected chi connectivity index (χ3v) is 6.69. The van der Waals surface area contributed by atoms with Gasteiger partial charge in [-0.3, -0.25) is 4.79 Å². The standard InChI is InChI=1S/C12H25BN4O6S/c1-11(5-9(11)14)16-24(22,23)17-6-8(3-2-4-13(20)21)12(15,7-17)10(18)19/h8-9,16,20-21H,2-7,14-15H2,1H3,(H,18,19)/t8-,9?,11?,12-/m0/s1. The summed E-state index contributed by atoms with van der Waals surface area (Å²) in [4.78, 5) is 11.6. The van der Waals surface area contributed by atoms with Crippen LogP contribution in [0.15, 0.2) is 0 Å². The Morgan fingerprint density at radius 1 is 1.46 bits per heavy atom. The minimum absolute atomic E-state index is 0.0367. The summed E-state index contributed by atoms with van der Waals surface area (Å²) in [6, 6.07) is -0.265. The number of rotatable bonds is 8. The molecule has 0 bridgehead atoms. The van der Waals surface area contributed by atoms with Gasteiger partial charge in [-0.25, -0.2) is 0 Å². The molecule has 2 fully saturated rings. The third kappa shape index (κ3) is 3.90. The fourth-order valence-corrected chi connectivity index (χ4v) is 4.80. The lowest BCUT2D eigenvalue weighted by atomic mass is 9.78. The second-order valence-electron chi connectivity index (χ2n) is 7.08. The van der Waals surface area contributed by atoms with Gasteiger partial charge in [0.05, 0.1) is 0 Å². The molecular formula is C12H25BN4O6S. The van der Waals surface area contributed by atoms with Crippen LogP contribution in [0.25, 0.3) is 0 Å². The van der Waals surface area contributed by atoms with Crippen LogP contribution in [-0.2, 0) is 15.0 Å². The van der Waals surface area contributed by atoms with Gasteiger partial charge in [-0.05, 0) is 26.1 Å². The molecule has 0 radical (unpaired) electrons. The van der Waals surface area contributed by atoms with Crippen LogP contribution in [0.4, 0.5) is 0 Å². The first-order valence-electron chi connectivity index (χ1n) is 7.84. The molecule has 0 aromatic heterocycles. The van der Waals surface area contributed by atoms with E-state index in [1.54, 1.807) is 6.92 Å². The van der Waals surface area contributed by atoms with Gasteiger partial charge in [0.25, 0.3) is 10.2 Å². The van der Waals surface area contributed by atoms with Crippen molar-refractivity contribution in [2.75, 3.05) is 13.1 Å². The van der Waals surface area contributed by atoms with Crippen molar-refractivity contribution in [3.05, 3.63) is 0 Å². The smallest absolute Gasteiger partial charge is 0.451 e. The van der Waals surface area contributed by atoms with Crippen LogP contribution in [-0.4, -0.2) is 71.2 Å². The van der Waals surface area contributed by atoms with Crippen molar-refractivity contribution in [2.45, 2.75) is 49.6 Å². The summed E-state index contributed by atoms with van der Waals surface area (Å²) in [5.41, 5.74) is 9.27. The highest BCUT2D eigenvalue weighted by atomic mass is 32.2. The molecule has 1 saturated heterocycles. The number of carbonyl (C=O) groups is 1. The van der Waals surface area contributed by atoms with Gasteiger partial charge >= 0.3 is 13.1 Å². The molecule has 4 atom stereocenters. The second-order valence-corrected chi connectivity index (χ2v) is 8.75. The average Bonchev–Trinajstić information content (AvgIpc) is 2.84. The summed E-state index contributed by atoms with van der Waals surface area (Å²) >= 11 is 0. The molecule has 1 heterocycles. The number of hydrogen-bond acceptors (Lipinski definition) is 7. The van der Waals surface area contributed by atoms with E-state index in [1.165, 1.54) is 0 Å². The second kappa shape index (κ2) is 6.52. The number of nitrogens with one attached hydrogen (secondary N) is 1. The van der Waals surface area contributed by atoms with Crippen molar-refractivity contribution < 1.29 is 28.4 Å². The van der Waals surface area contributed by atoms with Gasteiger partial charge in [0, 0.05) is 30.6 Å². The van der Waals surface area contributed by atoms with Crippen molar-refractivity contribution in [3.8, 4) is 0 Å². The van der Waals surface area contributed by atoms with Crippen molar-refractivity contribution in [1.29, 1.82) is 0 Å². The number of nitrogens with zero attached hydrogens (tertiary/aromatic N) is 1. The van der Waals surface area contributed by atoms with E-state index in [9.17, 15) is 18.3 Å². The third-order valence-electron chi connectivity index (χ3n) is 5.01. The van der Waals surface area contributed by atoms with Crippen LogP contribution < -0.4 is 16.2 Å². The first-order chi connectivity index (χ1) is 10.9. The Morgan fingerprint density at radius 2 is 2.04 bits per heavy atom. The molecule has 1 saturated carbocycles. The SMILES string of the molecule is CC1(NS(=O)(=O)N2C[C@H](CCCB(O)O)[C@](N)(C(=O)O)C2)CC1N. The summed E-state index contributed by atoms with van der Waals surface area (Å²) in [6.07, 6.45) is 1.20. The lowest BCUT2D eigenvalue weighted by molar-refractivity contribution is -0.144. The molecule has 2 rings (SSSR count). The molecule has 1 aliphatic carbocycles. The topological polar surface area (TPSA) is 179 Å². The van der Waals surface area contributed by atoms with Crippen LogP contribution in [0.5, 0.6) is 0 Å². The lowest BCUT2D eigenvalue weighted by Gasteiger charge is -2.25. The highest BCUT2D eigenvalue weighted by Crippen LogP contribution is 2.36. The molecule has 138 valence electrons. The van der Waals surface area contributed by atoms with Gasteiger partial charge in [0.2, 0.25) is 0 Å². The summed E-state index contributed by atoms with van der Waals surface area (Å²) < 4.78 is 28.6. The summed E-state index contributed by atoms with van der Waals surface area (Å²) in [5, 5.41) is 27.2. The van der Waals surface area contributed by atoms with E-state index in [-0.39, 0.29) is 31.9 Å². The highest BCUT2D eigenvalue weighted by molar-refractivity contribution is 7.87. The van der Waals surface area contributed by atoms with Crippen LogP contribution in [0.1, 0.15) is 26.2 Å². The summed E-state index contributed by atoms with van der Waals surface area (Å²) in [6.45, 7) is 1.32. The van der Waals surface area contributed by atoms with E-state index in [2.05, 4.69) is 4.72 Å². The Kier molecular flexibility index (Phi) is 5.32. The van der Waals surface area contributed by atoms with E-state index in [0.717, 1.165) is 4.31 Å². The van der Waals surface area contributed by atoms with Crippen LogP contribution in [0.3, 0.4) is 0 Å². The molecule has 1 aliphatic heterocycles. The average molecular weight is 364 g/mol. The molecule has 12 heteroatoms. The zero-order chi connectivity index (χ0) is 18.3. The first kappa shape index (κ1) is 19.6. The van der Waals surface area contributed by atoms with Gasteiger partial charge in [-0.2, -0.15) is 17.4 Å². The maximum atomic E-state index is 12.5. The molecule has 2 aliphatic rings. The Balaban J connectivity index is 2.09. The van der Waals surface area contributed by atoms with Crippen molar-refractivity contribution in [2.24, 2.45) is 17.4 Å². The Labute approximate surface area is 141 Å². The fourth-order valence-electron chi connectivity index (χ4n) is 3.09. The largest absolute Gasteiger partial charge is 0.480 e. The molecule has 0 aromatic rings. The predicted octanol–water partition coefficient (Wildman–Crippen LogP) is -2.72. The minimum Gasteiger partial charge on any atom is -0.480 e. The minimum atomic E-state index is -3.91. The number of carboxylic acids is 1. The van der Waals surface area contributed by atoms with Gasteiger partial charge in [0.15, 0.2) is 0 Å². The Morgan fingerprint density at radius 3 is 2.50 bits per heavy atom. The van der Waals surface area contributed by atoms with E-state index in [0.29, 0.717) is 12.8 Å². The zero-order valence-corrected chi connectivity index (χ0v) is 14.4. The van der Waals surface area contributed by atoms with E-state index < -0.39 is 40.3 Å². The first-order valence-corrected chi connectivity index (χ1v) is 9.28. The molecule has 0 aromatic carbocycles. The summed E-state index contributed by atoms with van der Waals surface area (Å²) in [5.74, 6) is -1.89. The Hall–Kier alpha value is -0.755. The predicted molar refractivity (Wildman–Crippen MR) is 86.9 cm³/mol. The molecule has 0 spiro atoms. The van der Waals surface area contributed by atoms with Crippen LogP contribution >= 0.6 is 0 Å². The molecule has 24 heavy (non-hydrogen) atoms. The Bertz CT molecular complexity index is 604. The number of nitrogens with two attached hydrogens (primary N) is 2. The van der Waals surface area contributed by atoms with Crippen LogP contribution in [0.2, 0.25) is 6.32 Å². The lowest BCUT2D eigenvalue weighted by Crippen LogP contribution is -2.56. The van der Waals surface area contributed by atoms with Gasteiger partial charge in [-0.15, -0.1) is 0 Å². The van der Waals surface area contributed by atoms with Gasteiger partial charge < -0.3 is 26.6 Å².